The van der Waals surface area contributed by atoms with Crippen molar-refractivity contribution in [1.82, 2.24) is 4.90 Å². The molecule has 0 unspecified atom stereocenters. The molecule has 0 aliphatic carbocycles. The molecular formula is C19H21FN2O2. The molecule has 1 atom stereocenters. The number of nitrogens with one attached hydrogen (secondary N) is 1. The first kappa shape index (κ1) is 16.5. The van der Waals surface area contributed by atoms with Crippen LogP contribution in [0.1, 0.15) is 12.8 Å². The fourth-order valence-electron chi connectivity index (χ4n) is 2.99. The van der Waals surface area contributed by atoms with E-state index < -0.39 is 6.09 Å². The largest absolute Gasteiger partial charge is 0.448 e. The maximum absolute atomic E-state index is 13.6. The van der Waals surface area contributed by atoms with Gasteiger partial charge in [0.05, 0.1) is 5.69 Å². The highest BCUT2D eigenvalue weighted by Crippen LogP contribution is 2.29. The highest BCUT2D eigenvalue weighted by atomic mass is 19.1. The first-order valence-electron chi connectivity index (χ1n) is 8.12. The minimum absolute atomic E-state index is 0.276. The monoisotopic (exact) mass is 328 g/mol. The molecule has 1 saturated heterocycles. The Kier molecular flexibility index (Phi) is 5.11. The number of likely N-dealkylation sites (tertiary alicyclic amines) is 1. The summed E-state index contributed by atoms with van der Waals surface area (Å²) in [5, 5.41) is 2.73. The molecule has 0 aromatic heterocycles. The molecule has 0 saturated carbocycles. The summed E-state index contributed by atoms with van der Waals surface area (Å²) < 4.78 is 19.0. The van der Waals surface area contributed by atoms with Gasteiger partial charge in [0.1, 0.15) is 12.4 Å². The zero-order chi connectivity index (χ0) is 16.9. The van der Waals surface area contributed by atoms with Crippen LogP contribution in [0.5, 0.6) is 0 Å². The molecule has 5 heteroatoms. The maximum atomic E-state index is 13.6. The van der Waals surface area contributed by atoms with Gasteiger partial charge < -0.3 is 9.64 Å². The Labute approximate surface area is 141 Å². The molecule has 0 spiro atoms. The minimum atomic E-state index is -0.515. The SMILES string of the molecule is CN1CCC[C@H]1COC(=O)Nc1ccc(F)cc1-c1ccccc1. The van der Waals surface area contributed by atoms with Crippen molar-refractivity contribution >= 4 is 11.8 Å². The van der Waals surface area contributed by atoms with Crippen molar-refractivity contribution in [3.05, 3.63) is 54.3 Å². The number of likely N-dealkylation sites (N-methyl/N-ethyl adjacent to an activating group) is 1. The van der Waals surface area contributed by atoms with Crippen molar-refractivity contribution in [2.75, 3.05) is 25.5 Å². The molecule has 1 fully saturated rings. The third-order valence-corrected chi connectivity index (χ3v) is 4.38. The number of benzene rings is 2. The van der Waals surface area contributed by atoms with Crippen LogP contribution in [-0.2, 0) is 4.74 Å². The van der Waals surface area contributed by atoms with Gasteiger partial charge in [-0.1, -0.05) is 30.3 Å². The molecule has 1 aliphatic heterocycles. The van der Waals surface area contributed by atoms with Gasteiger partial charge in [-0.2, -0.15) is 0 Å². The molecule has 1 amide bonds. The quantitative estimate of drug-likeness (QED) is 0.917. The van der Waals surface area contributed by atoms with Crippen LogP contribution in [0.2, 0.25) is 0 Å². The Morgan fingerprint density at radius 3 is 2.79 bits per heavy atom. The Balaban J connectivity index is 1.69. The number of amides is 1. The lowest BCUT2D eigenvalue weighted by Crippen LogP contribution is -2.31. The van der Waals surface area contributed by atoms with Gasteiger partial charge in [0.2, 0.25) is 0 Å². The molecule has 126 valence electrons. The number of nitrogens with zero attached hydrogens (tertiary/aromatic N) is 1. The van der Waals surface area contributed by atoms with Gasteiger partial charge >= 0.3 is 6.09 Å². The maximum Gasteiger partial charge on any atom is 0.411 e. The van der Waals surface area contributed by atoms with E-state index in [0.717, 1.165) is 24.9 Å². The standard InChI is InChI=1S/C19H21FN2O2/c1-22-11-5-8-16(22)13-24-19(23)21-18-10-9-15(20)12-17(18)14-6-3-2-4-7-14/h2-4,6-7,9-10,12,16H,5,8,11,13H2,1H3,(H,21,23)/t16-/m0/s1. The second-order valence-electron chi connectivity index (χ2n) is 6.06. The van der Waals surface area contributed by atoms with Crippen LogP contribution < -0.4 is 5.32 Å². The van der Waals surface area contributed by atoms with E-state index in [1.54, 1.807) is 6.07 Å². The lowest BCUT2D eigenvalue weighted by molar-refractivity contribution is 0.127. The summed E-state index contributed by atoms with van der Waals surface area (Å²) in [7, 11) is 2.03. The van der Waals surface area contributed by atoms with Crippen molar-refractivity contribution in [1.29, 1.82) is 0 Å². The predicted molar refractivity (Wildman–Crippen MR) is 92.5 cm³/mol. The van der Waals surface area contributed by atoms with Crippen molar-refractivity contribution in [3.63, 3.8) is 0 Å². The number of halogens is 1. The van der Waals surface area contributed by atoms with Gasteiger partial charge in [-0.3, -0.25) is 5.32 Å². The molecule has 2 aromatic carbocycles. The molecule has 3 rings (SSSR count). The van der Waals surface area contributed by atoms with E-state index in [9.17, 15) is 9.18 Å². The van der Waals surface area contributed by atoms with Crippen molar-refractivity contribution in [2.45, 2.75) is 18.9 Å². The molecule has 0 bridgehead atoms. The Hall–Kier alpha value is -2.40. The van der Waals surface area contributed by atoms with Crippen molar-refractivity contribution in [3.8, 4) is 11.1 Å². The molecule has 24 heavy (non-hydrogen) atoms. The number of anilines is 1. The van der Waals surface area contributed by atoms with E-state index in [-0.39, 0.29) is 11.9 Å². The summed E-state index contributed by atoms with van der Waals surface area (Å²) in [6.45, 7) is 1.40. The average Bonchev–Trinajstić information content (AvgIpc) is 3.00. The van der Waals surface area contributed by atoms with Gasteiger partial charge in [-0.05, 0) is 50.2 Å². The molecule has 1 heterocycles. The summed E-state index contributed by atoms with van der Waals surface area (Å²) >= 11 is 0. The van der Waals surface area contributed by atoms with Crippen LogP contribution in [0.3, 0.4) is 0 Å². The number of carbonyl (C=O) groups is 1. The van der Waals surface area contributed by atoms with Crippen LogP contribution >= 0.6 is 0 Å². The first-order chi connectivity index (χ1) is 11.6. The van der Waals surface area contributed by atoms with Crippen LogP contribution in [-0.4, -0.2) is 37.2 Å². The summed E-state index contributed by atoms with van der Waals surface area (Å²) in [5.41, 5.74) is 2.00. The van der Waals surface area contributed by atoms with Gasteiger partial charge in [-0.15, -0.1) is 0 Å². The van der Waals surface area contributed by atoms with E-state index >= 15 is 0 Å². The molecule has 4 nitrogen and oxygen atoms in total. The van der Waals surface area contributed by atoms with Crippen LogP contribution in [0.4, 0.5) is 14.9 Å². The van der Waals surface area contributed by atoms with Crippen LogP contribution in [0.15, 0.2) is 48.5 Å². The van der Waals surface area contributed by atoms with Gasteiger partial charge in [0, 0.05) is 11.6 Å². The smallest absolute Gasteiger partial charge is 0.411 e. The van der Waals surface area contributed by atoms with Crippen LogP contribution in [0.25, 0.3) is 11.1 Å². The van der Waals surface area contributed by atoms with Gasteiger partial charge in [0.15, 0.2) is 0 Å². The highest BCUT2D eigenvalue weighted by Gasteiger charge is 2.22. The Bertz CT molecular complexity index is 706. The molecule has 2 aromatic rings. The minimum Gasteiger partial charge on any atom is -0.448 e. The van der Waals surface area contributed by atoms with Crippen LogP contribution in [0, 0.1) is 5.82 Å². The molecule has 0 radical (unpaired) electrons. The average molecular weight is 328 g/mol. The second kappa shape index (κ2) is 7.45. The third kappa shape index (κ3) is 3.92. The zero-order valence-electron chi connectivity index (χ0n) is 13.7. The molecule has 1 aliphatic rings. The molecule has 1 N–H and O–H groups in total. The van der Waals surface area contributed by atoms with E-state index in [2.05, 4.69) is 10.2 Å². The van der Waals surface area contributed by atoms with E-state index in [0.29, 0.717) is 17.9 Å². The van der Waals surface area contributed by atoms with Crippen molar-refractivity contribution < 1.29 is 13.9 Å². The Morgan fingerprint density at radius 1 is 1.29 bits per heavy atom. The summed E-state index contributed by atoms with van der Waals surface area (Å²) in [4.78, 5) is 14.3. The summed E-state index contributed by atoms with van der Waals surface area (Å²) in [5.74, 6) is -0.347. The number of ether oxygens (including phenoxy) is 1. The first-order valence-corrected chi connectivity index (χ1v) is 8.12. The lowest BCUT2D eigenvalue weighted by Gasteiger charge is -2.19. The fraction of sp³-hybridized carbons (Fsp3) is 0.316. The summed E-state index contributed by atoms with van der Waals surface area (Å²) in [6, 6.07) is 14.0. The van der Waals surface area contributed by atoms with E-state index in [1.807, 2.05) is 37.4 Å². The van der Waals surface area contributed by atoms with Gasteiger partial charge in [-0.25, -0.2) is 9.18 Å². The lowest BCUT2D eigenvalue weighted by atomic mass is 10.0. The number of hydrogen-bond acceptors (Lipinski definition) is 3. The normalized spacial score (nSPS) is 17.7. The highest BCUT2D eigenvalue weighted by molar-refractivity contribution is 5.91. The predicted octanol–water partition coefficient (Wildman–Crippen LogP) is 4.14. The van der Waals surface area contributed by atoms with Gasteiger partial charge in [0.25, 0.3) is 0 Å². The fourth-order valence-corrected chi connectivity index (χ4v) is 2.99. The van der Waals surface area contributed by atoms with E-state index in [4.69, 9.17) is 4.74 Å². The summed E-state index contributed by atoms with van der Waals surface area (Å²) in [6.07, 6.45) is 1.65. The number of carbonyl (C=O) groups excluding carboxylic acids is 1. The van der Waals surface area contributed by atoms with Crippen molar-refractivity contribution in [2.24, 2.45) is 0 Å². The third-order valence-electron chi connectivity index (χ3n) is 4.38. The molecular weight excluding hydrogens is 307 g/mol. The topological polar surface area (TPSA) is 41.6 Å². The number of rotatable bonds is 4. The zero-order valence-corrected chi connectivity index (χ0v) is 13.7. The number of hydrogen-bond donors (Lipinski definition) is 1. The second-order valence-corrected chi connectivity index (χ2v) is 6.06. The van der Waals surface area contributed by atoms with E-state index in [1.165, 1.54) is 12.1 Å². The Morgan fingerprint density at radius 2 is 2.08 bits per heavy atom.